The number of fused-ring (bicyclic) bond motifs is 4. The molecule has 2 N–H and O–H groups in total. The fourth-order valence-corrected chi connectivity index (χ4v) is 9.64. The molecule has 2 aliphatic carbocycles. The predicted octanol–water partition coefficient (Wildman–Crippen LogP) is 6.41. The molecule has 0 aromatic heterocycles. The Balaban J connectivity index is 1.32. The van der Waals surface area contributed by atoms with Gasteiger partial charge in [-0.3, -0.25) is 39.6 Å². The zero-order valence-corrected chi connectivity index (χ0v) is 30.7. The minimum Gasteiger partial charge on any atom is -0.504 e. The van der Waals surface area contributed by atoms with Gasteiger partial charge in [0.2, 0.25) is 11.8 Å². The summed E-state index contributed by atoms with van der Waals surface area (Å²) in [5.41, 5.74) is 5.18. The van der Waals surface area contributed by atoms with Crippen LogP contribution in [0, 0.1) is 44.3 Å². The van der Waals surface area contributed by atoms with Crippen LogP contribution in [0.3, 0.4) is 0 Å². The number of allylic oxidation sites excluding steroid dienone is 2. The zero-order chi connectivity index (χ0) is 37.3. The van der Waals surface area contributed by atoms with Crippen LogP contribution >= 0.6 is 22.6 Å². The number of methoxy groups -OCH3 is 1. The first-order valence-corrected chi connectivity index (χ1v) is 18.2. The number of aryl methyl sites for hydroxylation is 1. The van der Waals surface area contributed by atoms with E-state index in [4.69, 9.17) is 4.74 Å². The molecule has 6 atom stereocenters. The number of phenolic OH excluding ortho intramolecular Hbond substituents is 1. The number of phenols is 1. The van der Waals surface area contributed by atoms with Crippen LogP contribution in [-0.4, -0.2) is 45.8 Å². The number of nitro groups is 1. The van der Waals surface area contributed by atoms with Gasteiger partial charge in [0.15, 0.2) is 11.5 Å². The Labute approximate surface area is 317 Å². The Morgan fingerprint density at radius 3 is 2.28 bits per heavy atom. The van der Waals surface area contributed by atoms with Gasteiger partial charge in [-0.05, 0) is 95.8 Å². The third kappa shape index (κ3) is 5.15. The number of carbonyl (C=O) groups excluding carboxylic acids is 4. The molecule has 3 fully saturated rings. The van der Waals surface area contributed by atoms with Crippen LogP contribution in [0.2, 0.25) is 0 Å². The van der Waals surface area contributed by atoms with E-state index in [2.05, 4.69) is 5.43 Å². The van der Waals surface area contributed by atoms with Crippen molar-refractivity contribution in [1.29, 1.82) is 0 Å². The Hall–Kier alpha value is -5.57. The summed E-state index contributed by atoms with van der Waals surface area (Å²) in [4.78, 5) is 70.6. The van der Waals surface area contributed by atoms with Gasteiger partial charge >= 0.3 is 0 Å². The third-order valence-corrected chi connectivity index (χ3v) is 12.1. The average molecular weight is 825 g/mol. The molecule has 4 amide bonds. The number of anilines is 2. The van der Waals surface area contributed by atoms with E-state index < -0.39 is 63.6 Å². The van der Waals surface area contributed by atoms with Crippen LogP contribution < -0.4 is 15.1 Å². The van der Waals surface area contributed by atoms with E-state index in [9.17, 15) is 29.6 Å². The highest BCUT2D eigenvalue weighted by Crippen LogP contribution is 2.64. The molecule has 2 heterocycles. The molecule has 4 aliphatic rings. The second-order valence-corrected chi connectivity index (χ2v) is 15.1. The quantitative estimate of drug-likeness (QED) is 0.0706. The minimum atomic E-state index is -1.49. The highest BCUT2D eigenvalue weighted by atomic mass is 127. The van der Waals surface area contributed by atoms with E-state index in [0.717, 1.165) is 21.0 Å². The highest BCUT2D eigenvalue weighted by molar-refractivity contribution is 14.1. The van der Waals surface area contributed by atoms with Gasteiger partial charge < -0.3 is 9.84 Å². The molecular weight excluding hydrogens is 791 g/mol. The van der Waals surface area contributed by atoms with E-state index in [0.29, 0.717) is 20.4 Å². The molecule has 2 aliphatic heterocycles. The molecule has 12 nitrogen and oxygen atoms in total. The maximum absolute atomic E-state index is 15.3. The molecule has 4 aromatic rings. The number of ether oxygens (including phenoxy) is 1. The number of halogens is 1. The van der Waals surface area contributed by atoms with Crippen molar-refractivity contribution in [3.8, 4) is 11.5 Å². The van der Waals surface area contributed by atoms with Crippen LogP contribution in [-0.2, 0) is 24.6 Å². The normalized spacial score (nSPS) is 26.2. The number of hydrazine groups is 1. The summed E-state index contributed by atoms with van der Waals surface area (Å²) in [6, 6.07) is 25.3. The first kappa shape index (κ1) is 34.5. The van der Waals surface area contributed by atoms with Crippen molar-refractivity contribution in [2.45, 2.75) is 31.1 Å². The molecule has 0 spiro atoms. The van der Waals surface area contributed by atoms with Crippen molar-refractivity contribution in [1.82, 2.24) is 5.01 Å². The fourth-order valence-electron chi connectivity index (χ4n) is 9.02. The molecule has 1 saturated carbocycles. The van der Waals surface area contributed by atoms with Gasteiger partial charge in [0, 0.05) is 18.1 Å². The number of nitro benzene ring substituents is 1. The van der Waals surface area contributed by atoms with Gasteiger partial charge in [-0.25, -0.2) is 0 Å². The van der Waals surface area contributed by atoms with Gasteiger partial charge in [-0.1, -0.05) is 59.7 Å². The van der Waals surface area contributed by atoms with Crippen LogP contribution in [0.15, 0.2) is 103 Å². The number of rotatable bonds is 7. The van der Waals surface area contributed by atoms with Crippen molar-refractivity contribution in [3.05, 3.63) is 133 Å². The lowest BCUT2D eigenvalue weighted by Crippen LogP contribution is -2.53. The lowest BCUT2D eigenvalue weighted by Gasteiger charge is -2.50. The van der Waals surface area contributed by atoms with E-state index in [1.165, 1.54) is 31.4 Å². The second-order valence-electron chi connectivity index (χ2n) is 13.9. The second kappa shape index (κ2) is 12.8. The van der Waals surface area contributed by atoms with Gasteiger partial charge in [0.25, 0.3) is 17.5 Å². The lowest BCUT2D eigenvalue weighted by atomic mass is 9.49. The van der Waals surface area contributed by atoms with Crippen LogP contribution in [0.1, 0.15) is 35.4 Å². The highest BCUT2D eigenvalue weighted by Gasteiger charge is 2.70. The number of hydrogen-bond donors (Lipinski definition) is 2. The maximum Gasteiger partial charge on any atom is 0.269 e. The number of aromatic hydroxyl groups is 1. The Bertz CT molecular complexity index is 2240. The first-order valence-electron chi connectivity index (χ1n) is 17.1. The summed E-state index contributed by atoms with van der Waals surface area (Å²) in [5, 5.41) is 23.3. The fraction of sp³-hybridized carbons (Fsp3) is 0.250. The summed E-state index contributed by atoms with van der Waals surface area (Å²) in [7, 11) is 1.44. The van der Waals surface area contributed by atoms with Crippen molar-refractivity contribution in [2.75, 3.05) is 17.4 Å². The number of nitrogens with zero attached hydrogens (tertiary/aromatic N) is 3. The standard InChI is InChI=1S/C40H33IN4O8/c1-21-8-10-24(11-9-21)42-44-37(48)30-20-29-27(16-17-28-33(29)38(49)43(36(28)47)25-12-14-26(15-13-25)45(51)52)34(22-18-31(41)35(46)32(19-22)53-2)40(30,39(44)50)23-6-4-3-5-7-23/h3-16,18-19,28-30,33-34,42,46H,17,20H2,1-2H3/t28-,29+,30-,33-,34-,40+/m0/s1. The third-order valence-electron chi connectivity index (χ3n) is 11.3. The van der Waals surface area contributed by atoms with Crippen molar-refractivity contribution in [3.63, 3.8) is 0 Å². The van der Waals surface area contributed by atoms with E-state index in [-0.39, 0.29) is 35.7 Å². The largest absolute Gasteiger partial charge is 0.504 e. The van der Waals surface area contributed by atoms with Crippen molar-refractivity contribution >= 4 is 63.3 Å². The summed E-state index contributed by atoms with van der Waals surface area (Å²) < 4.78 is 6.06. The van der Waals surface area contributed by atoms with Gasteiger partial charge in [-0.15, -0.1) is 0 Å². The molecule has 2 saturated heterocycles. The first-order chi connectivity index (χ1) is 25.5. The Morgan fingerprint density at radius 1 is 0.925 bits per heavy atom. The average Bonchev–Trinajstić information content (AvgIpc) is 3.54. The maximum atomic E-state index is 15.3. The number of nitrogens with one attached hydrogen (secondary N) is 1. The zero-order valence-electron chi connectivity index (χ0n) is 28.6. The number of carbonyl (C=O) groups is 4. The molecule has 0 unspecified atom stereocenters. The number of non-ortho nitro benzene ring substituents is 1. The van der Waals surface area contributed by atoms with Crippen molar-refractivity contribution in [2.24, 2.45) is 23.7 Å². The van der Waals surface area contributed by atoms with E-state index >= 15 is 4.79 Å². The summed E-state index contributed by atoms with van der Waals surface area (Å²) >= 11 is 2.01. The van der Waals surface area contributed by atoms with Gasteiger partial charge in [0.1, 0.15) is 0 Å². The SMILES string of the molecule is COc1cc([C@H]2C3=CC[C@@H]4C(=O)N(c5ccc([N+](=O)[O-])cc5)C(=O)[C@@H]4[C@@H]3C[C@H]3C(=O)N(Nc4ccc(C)cc4)C(=O)[C@@]23c2ccccc2)cc(I)c1O. The monoisotopic (exact) mass is 824 g/mol. The van der Waals surface area contributed by atoms with Crippen LogP contribution in [0.25, 0.3) is 0 Å². The predicted molar refractivity (Wildman–Crippen MR) is 202 cm³/mol. The number of benzene rings is 4. The molecule has 268 valence electrons. The van der Waals surface area contributed by atoms with E-state index in [1.54, 1.807) is 24.3 Å². The summed E-state index contributed by atoms with van der Waals surface area (Å²) in [6.07, 6.45) is 2.26. The smallest absolute Gasteiger partial charge is 0.269 e. The number of imide groups is 2. The Morgan fingerprint density at radius 2 is 1.62 bits per heavy atom. The molecule has 4 aromatic carbocycles. The van der Waals surface area contributed by atoms with Gasteiger partial charge in [0.05, 0.1) is 50.1 Å². The molecule has 0 bridgehead atoms. The number of hydrogen-bond acceptors (Lipinski definition) is 9. The molecule has 13 heteroatoms. The molecule has 0 radical (unpaired) electrons. The molecular formula is C40H33IN4O8. The molecule has 53 heavy (non-hydrogen) atoms. The Kier molecular flexibility index (Phi) is 8.35. The summed E-state index contributed by atoms with van der Waals surface area (Å²) in [5.74, 6) is -5.67. The summed E-state index contributed by atoms with van der Waals surface area (Å²) in [6.45, 7) is 1.94. The van der Waals surface area contributed by atoms with Crippen LogP contribution in [0.4, 0.5) is 17.1 Å². The van der Waals surface area contributed by atoms with E-state index in [1.807, 2.05) is 78.1 Å². The number of amides is 4. The topological polar surface area (TPSA) is 159 Å². The lowest BCUT2D eigenvalue weighted by molar-refractivity contribution is -0.384. The van der Waals surface area contributed by atoms with Crippen molar-refractivity contribution < 1.29 is 33.9 Å². The molecule has 8 rings (SSSR count). The minimum absolute atomic E-state index is 0.0704. The van der Waals surface area contributed by atoms with Crippen LogP contribution in [0.5, 0.6) is 11.5 Å². The van der Waals surface area contributed by atoms with Gasteiger partial charge in [-0.2, -0.15) is 5.01 Å².